The van der Waals surface area contributed by atoms with Crippen LogP contribution in [0.1, 0.15) is 6.42 Å². The number of nitrogens with zero attached hydrogens (tertiary/aromatic N) is 1. The van der Waals surface area contributed by atoms with E-state index in [4.69, 9.17) is 5.73 Å². The van der Waals surface area contributed by atoms with Crippen molar-refractivity contribution in [1.29, 1.82) is 0 Å². The maximum absolute atomic E-state index is 11.8. The van der Waals surface area contributed by atoms with Gasteiger partial charge in [-0.3, -0.25) is 9.59 Å². The molecule has 1 fully saturated rings. The quantitative estimate of drug-likeness (QED) is 0.707. The lowest BCUT2D eigenvalue weighted by molar-refractivity contribution is -0.141. The van der Waals surface area contributed by atoms with Gasteiger partial charge in [0.2, 0.25) is 11.8 Å². The Hall–Kier alpha value is -1.31. The molecule has 0 spiro atoms. The van der Waals surface area contributed by atoms with Crippen LogP contribution in [-0.2, 0) is 9.59 Å². The zero-order valence-corrected chi connectivity index (χ0v) is 9.09. The first-order valence-electron chi connectivity index (χ1n) is 5.13. The number of rotatable bonds is 4. The molecule has 17 heavy (non-hydrogen) atoms. The van der Waals surface area contributed by atoms with Crippen LogP contribution in [0.2, 0.25) is 0 Å². The van der Waals surface area contributed by atoms with E-state index in [-0.39, 0.29) is 24.8 Å². The Bertz CT molecular complexity index is 306. The predicted molar refractivity (Wildman–Crippen MR) is 52.8 cm³/mol. The first-order valence-corrected chi connectivity index (χ1v) is 5.13. The van der Waals surface area contributed by atoms with Gasteiger partial charge in [-0.1, -0.05) is 0 Å². The fraction of sp³-hybridized carbons (Fsp3) is 0.778. The highest BCUT2D eigenvalue weighted by Crippen LogP contribution is 2.16. The lowest BCUT2D eigenvalue weighted by Gasteiger charge is -2.16. The molecular formula is C9H14F3N3O2. The summed E-state index contributed by atoms with van der Waals surface area (Å²) in [5.74, 6) is -1.08. The van der Waals surface area contributed by atoms with E-state index in [1.165, 1.54) is 4.90 Å². The summed E-state index contributed by atoms with van der Waals surface area (Å²) < 4.78 is 35.4. The molecule has 0 saturated carbocycles. The Balaban J connectivity index is 2.34. The lowest BCUT2D eigenvalue weighted by Crippen LogP contribution is -2.41. The number of hydrogen-bond donors (Lipinski definition) is 2. The van der Waals surface area contributed by atoms with Crippen LogP contribution >= 0.6 is 0 Å². The summed E-state index contributed by atoms with van der Waals surface area (Å²) in [6, 6.07) is 0. The molecule has 5 nitrogen and oxygen atoms in total. The number of carbonyl (C=O) groups is 2. The zero-order chi connectivity index (χ0) is 13.1. The summed E-state index contributed by atoms with van der Waals surface area (Å²) >= 11 is 0. The summed E-state index contributed by atoms with van der Waals surface area (Å²) in [5, 5.41) is 1.71. The normalized spacial score (nSPS) is 20.8. The molecule has 2 amide bonds. The van der Waals surface area contributed by atoms with Crippen LogP contribution in [0.4, 0.5) is 13.2 Å². The highest BCUT2D eigenvalue weighted by Gasteiger charge is 2.31. The van der Waals surface area contributed by atoms with Gasteiger partial charge < -0.3 is 16.0 Å². The van der Waals surface area contributed by atoms with Crippen molar-refractivity contribution >= 4 is 11.8 Å². The Labute approximate surface area is 96.1 Å². The standard InChI is InChI=1S/C9H14F3N3O2/c10-9(11,12)5-14-7(16)4-15-3-6(2-13)1-8(15)17/h6H,1-5,13H2,(H,14,16). The van der Waals surface area contributed by atoms with E-state index in [1.807, 2.05) is 0 Å². The third-order valence-electron chi connectivity index (χ3n) is 2.45. The van der Waals surface area contributed by atoms with Crippen molar-refractivity contribution in [1.82, 2.24) is 10.2 Å². The lowest BCUT2D eigenvalue weighted by atomic mass is 10.1. The second kappa shape index (κ2) is 5.35. The molecule has 8 heteroatoms. The number of likely N-dealkylation sites (tertiary alicyclic amines) is 1. The third kappa shape index (κ3) is 4.59. The molecule has 1 atom stereocenters. The van der Waals surface area contributed by atoms with Crippen LogP contribution in [0, 0.1) is 5.92 Å². The number of nitrogens with one attached hydrogen (secondary N) is 1. The summed E-state index contributed by atoms with van der Waals surface area (Å²) in [5.41, 5.74) is 5.38. The molecule has 1 aliphatic heterocycles. The zero-order valence-electron chi connectivity index (χ0n) is 9.09. The molecule has 1 unspecified atom stereocenters. The smallest absolute Gasteiger partial charge is 0.345 e. The van der Waals surface area contributed by atoms with Crippen molar-refractivity contribution in [3.8, 4) is 0 Å². The molecule has 0 aliphatic carbocycles. The summed E-state index contributed by atoms with van der Waals surface area (Å²) in [6.07, 6.45) is -4.19. The van der Waals surface area contributed by atoms with Gasteiger partial charge in [0.15, 0.2) is 0 Å². The maximum Gasteiger partial charge on any atom is 0.405 e. The number of amides is 2. The van der Waals surface area contributed by atoms with Gasteiger partial charge in [-0.15, -0.1) is 0 Å². The molecule has 0 radical (unpaired) electrons. The minimum absolute atomic E-state index is 0.0158. The molecule has 3 N–H and O–H groups in total. The van der Waals surface area contributed by atoms with Crippen LogP contribution < -0.4 is 11.1 Å². The molecule has 1 aliphatic rings. The minimum atomic E-state index is -4.44. The second-order valence-corrected chi connectivity index (χ2v) is 3.97. The van der Waals surface area contributed by atoms with Crippen molar-refractivity contribution in [3.05, 3.63) is 0 Å². The first-order chi connectivity index (χ1) is 7.81. The van der Waals surface area contributed by atoms with Crippen molar-refractivity contribution < 1.29 is 22.8 Å². The van der Waals surface area contributed by atoms with E-state index < -0.39 is 18.6 Å². The molecular weight excluding hydrogens is 239 g/mol. The van der Waals surface area contributed by atoms with Gasteiger partial charge in [0.05, 0.1) is 6.54 Å². The molecule has 98 valence electrons. The topological polar surface area (TPSA) is 75.4 Å². The van der Waals surface area contributed by atoms with Gasteiger partial charge in [0.25, 0.3) is 0 Å². The molecule has 0 aromatic rings. The maximum atomic E-state index is 11.8. The SMILES string of the molecule is NCC1CC(=O)N(CC(=O)NCC(F)(F)F)C1. The highest BCUT2D eigenvalue weighted by molar-refractivity contribution is 5.86. The average Bonchev–Trinajstić information content (AvgIpc) is 2.56. The molecule has 0 aromatic carbocycles. The molecule has 1 heterocycles. The molecule has 1 rings (SSSR count). The average molecular weight is 253 g/mol. The number of alkyl halides is 3. The third-order valence-corrected chi connectivity index (χ3v) is 2.45. The Morgan fingerprint density at radius 3 is 2.65 bits per heavy atom. The van der Waals surface area contributed by atoms with Gasteiger partial charge in [-0.2, -0.15) is 13.2 Å². The van der Waals surface area contributed by atoms with Crippen molar-refractivity contribution in [2.24, 2.45) is 11.7 Å². The van der Waals surface area contributed by atoms with Gasteiger partial charge in [0, 0.05) is 13.0 Å². The number of halogens is 3. The van der Waals surface area contributed by atoms with Crippen LogP contribution in [-0.4, -0.2) is 49.1 Å². The van der Waals surface area contributed by atoms with Crippen molar-refractivity contribution in [3.63, 3.8) is 0 Å². The summed E-state index contributed by atoms with van der Waals surface area (Å²) in [6.45, 7) is -1.07. The molecule has 0 bridgehead atoms. The number of carbonyl (C=O) groups excluding carboxylic acids is 2. The van der Waals surface area contributed by atoms with E-state index in [1.54, 1.807) is 5.32 Å². The van der Waals surface area contributed by atoms with Gasteiger partial charge in [-0.05, 0) is 12.5 Å². The van der Waals surface area contributed by atoms with E-state index >= 15 is 0 Å². The van der Waals surface area contributed by atoms with E-state index in [9.17, 15) is 22.8 Å². The monoisotopic (exact) mass is 253 g/mol. The predicted octanol–water partition coefficient (Wildman–Crippen LogP) is -0.528. The van der Waals surface area contributed by atoms with E-state index in [0.29, 0.717) is 13.1 Å². The van der Waals surface area contributed by atoms with Crippen molar-refractivity contribution in [2.75, 3.05) is 26.2 Å². The number of nitrogens with two attached hydrogens (primary N) is 1. The fourth-order valence-electron chi connectivity index (χ4n) is 1.59. The van der Waals surface area contributed by atoms with E-state index in [0.717, 1.165) is 0 Å². The fourth-order valence-corrected chi connectivity index (χ4v) is 1.59. The highest BCUT2D eigenvalue weighted by atomic mass is 19.4. The minimum Gasteiger partial charge on any atom is -0.345 e. The Morgan fingerprint density at radius 1 is 1.53 bits per heavy atom. The second-order valence-electron chi connectivity index (χ2n) is 3.97. The van der Waals surface area contributed by atoms with Gasteiger partial charge in [-0.25, -0.2) is 0 Å². The largest absolute Gasteiger partial charge is 0.405 e. The summed E-state index contributed by atoms with van der Waals surface area (Å²) in [4.78, 5) is 23.7. The van der Waals surface area contributed by atoms with Gasteiger partial charge in [0.1, 0.15) is 6.54 Å². The van der Waals surface area contributed by atoms with Crippen LogP contribution in [0.3, 0.4) is 0 Å². The van der Waals surface area contributed by atoms with Gasteiger partial charge >= 0.3 is 6.18 Å². The Kier molecular flexibility index (Phi) is 4.33. The Morgan fingerprint density at radius 2 is 2.18 bits per heavy atom. The molecule has 1 saturated heterocycles. The van der Waals surface area contributed by atoms with Crippen LogP contribution in [0.15, 0.2) is 0 Å². The van der Waals surface area contributed by atoms with Crippen molar-refractivity contribution in [2.45, 2.75) is 12.6 Å². The molecule has 0 aromatic heterocycles. The van der Waals surface area contributed by atoms with E-state index in [2.05, 4.69) is 0 Å². The number of hydrogen-bond acceptors (Lipinski definition) is 3. The first kappa shape index (κ1) is 13.8. The van der Waals surface area contributed by atoms with Crippen LogP contribution in [0.5, 0.6) is 0 Å². The summed E-state index contributed by atoms with van der Waals surface area (Å²) in [7, 11) is 0. The van der Waals surface area contributed by atoms with Crippen LogP contribution in [0.25, 0.3) is 0 Å².